The predicted molar refractivity (Wildman–Crippen MR) is 161 cm³/mol. The summed E-state index contributed by atoms with van der Waals surface area (Å²) in [7, 11) is 1.50. The molecular formula is C32H26F3N3O4S. The maximum absolute atomic E-state index is 13.4. The number of nitrogens with one attached hydrogen (secondary N) is 3. The molecule has 0 aliphatic carbocycles. The minimum atomic E-state index is -4.52. The van der Waals surface area contributed by atoms with Crippen LogP contribution in [-0.2, 0) is 15.8 Å². The van der Waals surface area contributed by atoms with E-state index >= 15 is 0 Å². The van der Waals surface area contributed by atoms with Crippen LogP contribution in [0.3, 0.4) is 0 Å². The Morgan fingerprint density at radius 1 is 0.814 bits per heavy atom. The molecule has 0 heterocycles. The van der Waals surface area contributed by atoms with Crippen LogP contribution in [0.5, 0.6) is 5.75 Å². The molecule has 3 N–H and O–H groups in total. The van der Waals surface area contributed by atoms with E-state index in [1.165, 1.54) is 25.3 Å². The van der Waals surface area contributed by atoms with Crippen molar-refractivity contribution in [3.05, 3.63) is 126 Å². The van der Waals surface area contributed by atoms with Crippen molar-refractivity contribution in [1.82, 2.24) is 5.32 Å². The highest BCUT2D eigenvalue weighted by atomic mass is 32.2. The van der Waals surface area contributed by atoms with E-state index in [2.05, 4.69) is 16.0 Å². The fourth-order valence-electron chi connectivity index (χ4n) is 3.86. The van der Waals surface area contributed by atoms with Gasteiger partial charge in [0.1, 0.15) is 11.4 Å². The van der Waals surface area contributed by atoms with E-state index in [0.29, 0.717) is 27.5 Å². The lowest BCUT2D eigenvalue weighted by Crippen LogP contribution is -2.30. The Hall–Kier alpha value is -5.03. The Kier molecular flexibility index (Phi) is 10.2. The summed E-state index contributed by atoms with van der Waals surface area (Å²) in [6, 6.07) is 26.5. The highest BCUT2D eigenvalue weighted by Gasteiger charge is 2.30. The molecule has 0 atom stereocenters. The van der Waals surface area contributed by atoms with Crippen LogP contribution in [0.25, 0.3) is 6.08 Å². The van der Waals surface area contributed by atoms with Gasteiger partial charge in [-0.15, -0.1) is 11.8 Å². The number of para-hydroxylation sites is 1. The zero-order valence-electron chi connectivity index (χ0n) is 22.8. The molecule has 3 amide bonds. The van der Waals surface area contributed by atoms with Crippen LogP contribution in [0.2, 0.25) is 0 Å². The molecule has 0 radical (unpaired) electrons. The Morgan fingerprint density at radius 2 is 1.49 bits per heavy atom. The van der Waals surface area contributed by atoms with Gasteiger partial charge in [0, 0.05) is 27.4 Å². The molecule has 4 aromatic rings. The van der Waals surface area contributed by atoms with Crippen molar-refractivity contribution in [1.29, 1.82) is 0 Å². The Labute approximate surface area is 250 Å². The average molecular weight is 606 g/mol. The van der Waals surface area contributed by atoms with E-state index in [9.17, 15) is 27.6 Å². The monoisotopic (exact) mass is 605 g/mol. The standard InChI is InChI=1S/C32H26F3N3O4S/c1-42-28-16-6-5-11-22(28)17-27(38-30(40)21-9-3-2-4-10-21)31(41)37-25-14-8-15-26(19-25)43-20-29(39)36-24-13-7-12-23(18-24)32(33,34)35/h2-19H,20H2,1H3,(H,36,39)(H,37,41)(H,38,40)/b27-17+. The molecule has 11 heteroatoms. The number of halogens is 3. The summed E-state index contributed by atoms with van der Waals surface area (Å²) in [5.41, 5.74) is 0.474. The molecule has 0 aromatic heterocycles. The number of carbonyl (C=O) groups excluding carboxylic acids is 3. The molecular weight excluding hydrogens is 579 g/mol. The number of ether oxygens (including phenoxy) is 1. The second-order valence-corrected chi connectivity index (χ2v) is 10.1. The molecule has 7 nitrogen and oxygen atoms in total. The second kappa shape index (κ2) is 14.2. The average Bonchev–Trinajstić information content (AvgIpc) is 3.00. The number of anilines is 2. The van der Waals surface area contributed by atoms with Gasteiger partial charge in [-0.05, 0) is 60.7 Å². The van der Waals surface area contributed by atoms with Crippen molar-refractivity contribution < 1.29 is 32.3 Å². The predicted octanol–water partition coefficient (Wildman–Crippen LogP) is 6.85. The maximum atomic E-state index is 13.4. The lowest BCUT2D eigenvalue weighted by molar-refractivity contribution is -0.137. The summed E-state index contributed by atoms with van der Waals surface area (Å²) >= 11 is 1.14. The zero-order chi connectivity index (χ0) is 30.8. The number of hydrogen-bond acceptors (Lipinski definition) is 5. The van der Waals surface area contributed by atoms with Gasteiger partial charge in [0.2, 0.25) is 5.91 Å². The van der Waals surface area contributed by atoms with Gasteiger partial charge in [-0.1, -0.05) is 48.5 Å². The molecule has 0 bridgehead atoms. The van der Waals surface area contributed by atoms with Crippen molar-refractivity contribution in [2.24, 2.45) is 0 Å². The fraction of sp³-hybridized carbons (Fsp3) is 0.0938. The van der Waals surface area contributed by atoms with E-state index in [-0.39, 0.29) is 17.1 Å². The van der Waals surface area contributed by atoms with Crippen LogP contribution in [0.4, 0.5) is 24.5 Å². The quantitative estimate of drug-likeness (QED) is 0.136. The van der Waals surface area contributed by atoms with Gasteiger partial charge in [-0.2, -0.15) is 13.2 Å². The van der Waals surface area contributed by atoms with Crippen molar-refractivity contribution >= 4 is 46.9 Å². The molecule has 4 aromatic carbocycles. The van der Waals surface area contributed by atoms with Gasteiger partial charge in [0.25, 0.3) is 11.8 Å². The van der Waals surface area contributed by atoms with Crippen LogP contribution < -0.4 is 20.7 Å². The number of hydrogen-bond donors (Lipinski definition) is 3. The van der Waals surface area contributed by atoms with Crippen molar-refractivity contribution in [3.63, 3.8) is 0 Å². The molecule has 0 fully saturated rings. The number of thioether (sulfide) groups is 1. The van der Waals surface area contributed by atoms with Gasteiger partial charge in [-0.3, -0.25) is 14.4 Å². The number of amides is 3. The highest BCUT2D eigenvalue weighted by molar-refractivity contribution is 8.00. The molecule has 0 saturated carbocycles. The maximum Gasteiger partial charge on any atom is 0.416 e. The van der Waals surface area contributed by atoms with Crippen LogP contribution in [0.15, 0.2) is 114 Å². The first kappa shape index (κ1) is 30.9. The normalized spacial score (nSPS) is 11.4. The largest absolute Gasteiger partial charge is 0.496 e. The Morgan fingerprint density at radius 3 is 2.21 bits per heavy atom. The van der Waals surface area contributed by atoms with Gasteiger partial charge >= 0.3 is 6.18 Å². The third-order valence-corrected chi connectivity index (χ3v) is 6.90. The van der Waals surface area contributed by atoms with E-state index < -0.39 is 29.5 Å². The second-order valence-electron chi connectivity index (χ2n) is 9.02. The smallest absolute Gasteiger partial charge is 0.416 e. The van der Waals surface area contributed by atoms with Gasteiger partial charge in [-0.25, -0.2) is 0 Å². The van der Waals surface area contributed by atoms with Crippen LogP contribution in [0.1, 0.15) is 21.5 Å². The van der Waals surface area contributed by atoms with E-state index in [1.54, 1.807) is 78.9 Å². The number of carbonyl (C=O) groups is 3. The van der Waals surface area contributed by atoms with Crippen LogP contribution in [0, 0.1) is 0 Å². The number of alkyl halides is 3. The van der Waals surface area contributed by atoms with E-state index in [1.807, 2.05) is 0 Å². The first-order chi connectivity index (χ1) is 20.6. The molecule has 0 saturated heterocycles. The summed E-state index contributed by atoms with van der Waals surface area (Å²) in [6.07, 6.45) is -3.02. The minimum absolute atomic E-state index is 0.0307. The molecule has 0 spiro atoms. The Balaban J connectivity index is 1.46. The molecule has 0 aliphatic heterocycles. The van der Waals surface area contributed by atoms with E-state index in [4.69, 9.17) is 4.74 Å². The van der Waals surface area contributed by atoms with Crippen molar-refractivity contribution in [2.75, 3.05) is 23.5 Å². The molecule has 0 aliphatic rings. The summed E-state index contributed by atoms with van der Waals surface area (Å²) in [4.78, 5) is 39.3. The first-order valence-corrected chi connectivity index (χ1v) is 13.8. The topological polar surface area (TPSA) is 96.5 Å². The molecule has 4 rings (SSSR count). The number of rotatable bonds is 10. The van der Waals surface area contributed by atoms with Crippen LogP contribution in [-0.4, -0.2) is 30.6 Å². The molecule has 43 heavy (non-hydrogen) atoms. The van der Waals surface area contributed by atoms with Crippen molar-refractivity contribution in [3.8, 4) is 5.75 Å². The van der Waals surface area contributed by atoms with Gasteiger partial charge < -0.3 is 20.7 Å². The molecule has 220 valence electrons. The third-order valence-electron chi connectivity index (χ3n) is 5.90. The number of benzene rings is 4. The van der Waals surface area contributed by atoms with Crippen molar-refractivity contribution in [2.45, 2.75) is 11.1 Å². The minimum Gasteiger partial charge on any atom is -0.496 e. The van der Waals surface area contributed by atoms with E-state index in [0.717, 1.165) is 23.9 Å². The molecule has 0 unspecified atom stereocenters. The first-order valence-electron chi connectivity index (χ1n) is 12.8. The summed E-state index contributed by atoms with van der Waals surface area (Å²) < 4.78 is 44.3. The summed E-state index contributed by atoms with van der Waals surface area (Å²) in [6.45, 7) is 0. The zero-order valence-corrected chi connectivity index (χ0v) is 23.6. The highest BCUT2D eigenvalue weighted by Crippen LogP contribution is 2.31. The lowest BCUT2D eigenvalue weighted by atomic mass is 10.1. The Bertz CT molecular complexity index is 1640. The van der Waals surface area contributed by atoms with Crippen LogP contribution >= 0.6 is 11.8 Å². The van der Waals surface area contributed by atoms with Gasteiger partial charge in [0.05, 0.1) is 18.4 Å². The number of methoxy groups -OCH3 is 1. The summed E-state index contributed by atoms with van der Waals surface area (Å²) in [5, 5.41) is 7.90. The fourth-order valence-corrected chi connectivity index (χ4v) is 4.62. The SMILES string of the molecule is COc1ccccc1/C=C(/NC(=O)c1ccccc1)C(=O)Nc1cccc(SCC(=O)Nc2cccc(C(F)(F)F)c2)c1. The third kappa shape index (κ3) is 8.98. The van der Waals surface area contributed by atoms with Gasteiger partial charge in [0.15, 0.2) is 0 Å². The summed E-state index contributed by atoms with van der Waals surface area (Å²) in [5.74, 6) is -1.15. The lowest BCUT2D eigenvalue weighted by Gasteiger charge is -2.13.